The molecule has 0 heterocycles. The lowest BCUT2D eigenvalue weighted by atomic mass is 9.82. The molecule has 0 saturated carbocycles. The van der Waals surface area contributed by atoms with E-state index in [1.807, 2.05) is 20.8 Å². The minimum Gasteiger partial charge on any atom is -0.481 e. The highest BCUT2D eigenvalue weighted by Gasteiger charge is 2.31. The summed E-state index contributed by atoms with van der Waals surface area (Å²) in [5, 5.41) is 19.2. The number of rotatable bonds is 9. The molecule has 0 amide bonds. The Labute approximate surface area is 105 Å². The molecule has 17 heavy (non-hydrogen) atoms. The number of unbranched alkanes of at least 4 members (excludes halogenated alkanes) is 2. The van der Waals surface area contributed by atoms with Crippen LogP contribution in [0.15, 0.2) is 0 Å². The van der Waals surface area contributed by atoms with Crippen LogP contribution in [0.25, 0.3) is 0 Å². The largest absolute Gasteiger partial charge is 0.481 e. The van der Waals surface area contributed by atoms with Crippen molar-refractivity contribution in [3.05, 3.63) is 0 Å². The predicted molar refractivity (Wildman–Crippen MR) is 69.9 cm³/mol. The smallest absolute Gasteiger partial charge is 0.309 e. The van der Waals surface area contributed by atoms with Gasteiger partial charge in [-0.25, -0.2) is 0 Å². The standard InChI is InChI=1S/C14H28O3/c1-5-6-7-8-11(4)13(14(16)17)12(15)9-10(2)3/h10-13,15H,5-9H2,1-4H3,(H,16,17). The van der Waals surface area contributed by atoms with E-state index in [0.717, 1.165) is 25.7 Å². The fourth-order valence-corrected chi connectivity index (χ4v) is 2.31. The Balaban J connectivity index is 4.34. The van der Waals surface area contributed by atoms with Crippen molar-refractivity contribution in [1.29, 1.82) is 0 Å². The SMILES string of the molecule is CCCCCC(C)C(C(=O)O)C(O)CC(C)C. The minimum atomic E-state index is -0.859. The summed E-state index contributed by atoms with van der Waals surface area (Å²) < 4.78 is 0. The van der Waals surface area contributed by atoms with Gasteiger partial charge < -0.3 is 10.2 Å². The molecule has 0 aliphatic heterocycles. The first kappa shape index (κ1) is 16.4. The monoisotopic (exact) mass is 244 g/mol. The van der Waals surface area contributed by atoms with Crippen molar-refractivity contribution >= 4 is 5.97 Å². The zero-order chi connectivity index (χ0) is 13.4. The van der Waals surface area contributed by atoms with Crippen LogP contribution in [-0.2, 0) is 4.79 Å². The summed E-state index contributed by atoms with van der Waals surface area (Å²) in [5.41, 5.74) is 0. The van der Waals surface area contributed by atoms with Gasteiger partial charge in [0.25, 0.3) is 0 Å². The lowest BCUT2D eigenvalue weighted by Gasteiger charge is -2.26. The van der Waals surface area contributed by atoms with Gasteiger partial charge in [0.15, 0.2) is 0 Å². The Hall–Kier alpha value is -0.570. The third-order valence-electron chi connectivity index (χ3n) is 3.29. The molecular formula is C14H28O3. The molecule has 0 radical (unpaired) electrons. The molecule has 0 aromatic carbocycles. The molecule has 102 valence electrons. The molecule has 0 bridgehead atoms. The van der Waals surface area contributed by atoms with Gasteiger partial charge in [0.2, 0.25) is 0 Å². The van der Waals surface area contributed by atoms with E-state index in [0.29, 0.717) is 12.3 Å². The highest BCUT2D eigenvalue weighted by atomic mass is 16.4. The highest BCUT2D eigenvalue weighted by Crippen LogP contribution is 2.25. The lowest BCUT2D eigenvalue weighted by Crippen LogP contribution is -2.34. The first-order valence-electron chi connectivity index (χ1n) is 6.81. The number of hydrogen-bond acceptors (Lipinski definition) is 2. The second kappa shape index (κ2) is 8.51. The van der Waals surface area contributed by atoms with Crippen LogP contribution in [0.2, 0.25) is 0 Å². The van der Waals surface area contributed by atoms with Crippen LogP contribution in [0.5, 0.6) is 0 Å². The van der Waals surface area contributed by atoms with Gasteiger partial charge in [-0.15, -0.1) is 0 Å². The third-order valence-corrected chi connectivity index (χ3v) is 3.29. The van der Waals surface area contributed by atoms with Crippen molar-refractivity contribution in [2.24, 2.45) is 17.8 Å². The first-order chi connectivity index (χ1) is 7.90. The van der Waals surface area contributed by atoms with E-state index in [2.05, 4.69) is 6.92 Å². The molecule has 2 N–H and O–H groups in total. The second-order valence-electron chi connectivity index (χ2n) is 5.53. The summed E-state index contributed by atoms with van der Waals surface area (Å²) in [5.74, 6) is -1.10. The average Bonchev–Trinajstić information content (AvgIpc) is 2.16. The molecule has 3 nitrogen and oxygen atoms in total. The first-order valence-corrected chi connectivity index (χ1v) is 6.81. The molecular weight excluding hydrogens is 216 g/mol. The second-order valence-corrected chi connectivity index (χ2v) is 5.53. The Kier molecular flexibility index (Phi) is 8.23. The fourth-order valence-electron chi connectivity index (χ4n) is 2.31. The van der Waals surface area contributed by atoms with Crippen molar-refractivity contribution in [1.82, 2.24) is 0 Å². The van der Waals surface area contributed by atoms with Gasteiger partial charge in [-0.2, -0.15) is 0 Å². The molecule has 0 aromatic rings. The minimum absolute atomic E-state index is 0.0489. The van der Waals surface area contributed by atoms with Crippen molar-refractivity contribution in [3.8, 4) is 0 Å². The van der Waals surface area contributed by atoms with Gasteiger partial charge in [0.1, 0.15) is 0 Å². The summed E-state index contributed by atoms with van der Waals surface area (Å²) in [7, 11) is 0. The molecule has 0 aromatic heterocycles. The Bertz CT molecular complexity index is 214. The number of carboxylic acids is 1. The zero-order valence-electron chi connectivity index (χ0n) is 11.6. The quantitative estimate of drug-likeness (QED) is 0.612. The zero-order valence-corrected chi connectivity index (χ0v) is 11.6. The number of carboxylic acid groups (broad SMARTS) is 1. The molecule has 0 saturated heterocycles. The molecule has 0 aliphatic carbocycles. The maximum Gasteiger partial charge on any atom is 0.309 e. The molecule has 3 heteroatoms. The number of hydrogen-bond donors (Lipinski definition) is 2. The van der Waals surface area contributed by atoms with Gasteiger partial charge >= 0.3 is 5.97 Å². The summed E-state index contributed by atoms with van der Waals surface area (Å²) in [4.78, 5) is 11.2. The van der Waals surface area contributed by atoms with Crippen LogP contribution in [0, 0.1) is 17.8 Å². The van der Waals surface area contributed by atoms with E-state index in [4.69, 9.17) is 0 Å². The topological polar surface area (TPSA) is 57.5 Å². The van der Waals surface area contributed by atoms with Crippen molar-refractivity contribution < 1.29 is 15.0 Å². The Morgan fingerprint density at radius 1 is 1.18 bits per heavy atom. The molecule has 0 aliphatic rings. The van der Waals surface area contributed by atoms with E-state index in [9.17, 15) is 15.0 Å². The predicted octanol–water partition coefficient (Wildman–Crippen LogP) is 3.31. The van der Waals surface area contributed by atoms with Gasteiger partial charge in [0.05, 0.1) is 12.0 Å². The summed E-state index contributed by atoms with van der Waals surface area (Å²) in [6.07, 6.45) is 4.06. The van der Waals surface area contributed by atoms with Gasteiger partial charge in [-0.1, -0.05) is 47.0 Å². The van der Waals surface area contributed by atoms with E-state index in [-0.39, 0.29) is 5.92 Å². The lowest BCUT2D eigenvalue weighted by molar-refractivity contribution is -0.148. The van der Waals surface area contributed by atoms with Crippen molar-refractivity contribution in [2.75, 3.05) is 0 Å². The van der Waals surface area contributed by atoms with Crippen LogP contribution in [0.3, 0.4) is 0 Å². The summed E-state index contributed by atoms with van der Waals surface area (Å²) in [6.45, 7) is 8.08. The Morgan fingerprint density at radius 2 is 1.76 bits per heavy atom. The molecule has 0 rings (SSSR count). The van der Waals surface area contributed by atoms with Crippen LogP contribution in [0.1, 0.15) is 59.8 Å². The van der Waals surface area contributed by atoms with Crippen LogP contribution in [0.4, 0.5) is 0 Å². The molecule has 0 spiro atoms. The highest BCUT2D eigenvalue weighted by molar-refractivity contribution is 5.71. The number of aliphatic carboxylic acids is 1. The van der Waals surface area contributed by atoms with Crippen molar-refractivity contribution in [3.63, 3.8) is 0 Å². The third kappa shape index (κ3) is 6.67. The van der Waals surface area contributed by atoms with Gasteiger partial charge in [-0.3, -0.25) is 4.79 Å². The average molecular weight is 244 g/mol. The van der Waals surface area contributed by atoms with Gasteiger partial charge in [-0.05, 0) is 24.7 Å². The van der Waals surface area contributed by atoms with Crippen LogP contribution >= 0.6 is 0 Å². The fraction of sp³-hybridized carbons (Fsp3) is 0.929. The Morgan fingerprint density at radius 3 is 2.18 bits per heavy atom. The normalized spacial score (nSPS) is 16.8. The molecule has 3 unspecified atom stereocenters. The number of aliphatic hydroxyl groups excluding tert-OH is 1. The van der Waals surface area contributed by atoms with Gasteiger partial charge in [0, 0.05) is 0 Å². The van der Waals surface area contributed by atoms with Crippen LogP contribution < -0.4 is 0 Å². The summed E-state index contributed by atoms with van der Waals surface area (Å²) in [6, 6.07) is 0. The molecule has 0 fully saturated rings. The number of aliphatic hydroxyl groups is 1. The maximum absolute atomic E-state index is 11.2. The van der Waals surface area contributed by atoms with E-state index >= 15 is 0 Å². The summed E-state index contributed by atoms with van der Waals surface area (Å²) >= 11 is 0. The van der Waals surface area contributed by atoms with Crippen LogP contribution in [-0.4, -0.2) is 22.3 Å². The number of carbonyl (C=O) groups is 1. The van der Waals surface area contributed by atoms with E-state index in [1.54, 1.807) is 0 Å². The van der Waals surface area contributed by atoms with E-state index in [1.165, 1.54) is 0 Å². The molecule has 3 atom stereocenters. The maximum atomic E-state index is 11.2. The van der Waals surface area contributed by atoms with E-state index < -0.39 is 18.0 Å². The van der Waals surface area contributed by atoms with Crippen molar-refractivity contribution in [2.45, 2.75) is 65.9 Å².